The molecule has 8 N–H and O–H groups in total. The van der Waals surface area contributed by atoms with Gasteiger partial charge in [0.2, 0.25) is 0 Å². The fourth-order valence-corrected chi connectivity index (χ4v) is 2.75. The van der Waals surface area contributed by atoms with Crippen LogP contribution in [0.3, 0.4) is 0 Å². The van der Waals surface area contributed by atoms with Crippen LogP contribution in [0.25, 0.3) is 0 Å². The van der Waals surface area contributed by atoms with Crippen LogP contribution < -0.4 is 0 Å². The molecule has 0 heterocycles. The van der Waals surface area contributed by atoms with E-state index >= 15 is 0 Å². The Morgan fingerprint density at radius 2 is 0.840 bits per heavy atom. The minimum absolute atomic E-state index is 0.245. The van der Waals surface area contributed by atoms with Gasteiger partial charge in [0.15, 0.2) is 36.4 Å². The van der Waals surface area contributed by atoms with Gasteiger partial charge in [0, 0.05) is 0 Å². The van der Waals surface area contributed by atoms with Gasteiger partial charge in [-0.1, -0.05) is 52.4 Å². The van der Waals surface area contributed by atoms with E-state index in [9.17, 15) is 40.9 Å². The fourth-order valence-electron chi connectivity index (χ4n) is 2.75. The summed E-state index contributed by atoms with van der Waals surface area (Å²) < 4.78 is 5.36. The van der Waals surface area contributed by atoms with Crippen LogP contribution in [-0.2, 0) is 4.74 Å². The van der Waals surface area contributed by atoms with Crippen LogP contribution in [0.1, 0.15) is 65.2 Å². The third-order valence-electron chi connectivity index (χ3n) is 4.47. The monoisotopic (exact) mass is 370 g/mol. The summed E-state index contributed by atoms with van der Waals surface area (Å²) in [5, 5.41) is 77.7. The van der Waals surface area contributed by atoms with E-state index in [4.69, 9.17) is 4.74 Å². The lowest BCUT2D eigenvalue weighted by atomic mass is 9.88. The number of unbranched alkanes of at least 4 members (excludes halogenated alkanes) is 4. The topological polar surface area (TPSA) is 171 Å². The average molecular weight is 370 g/mol. The molecule has 0 fully saturated rings. The van der Waals surface area contributed by atoms with Gasteiger partial charge in [0.1, 0.15) is 0 Å². The number of rotatable bonds is 14. The first kappa shape index (κ1) is 24.6. The van der Waals surface area contributed by atoms with Crippen molar-refractivity contribution in [3.8, 4) is 0 Å². The average Bonchev–Trinajstić information content (AvgIpc) is 2.51. The van der Waals surface area contributed by atoms with Gasteiger partial charge in [-0.3, -0.25) is 0 Å². The molecule has 0 spiro atoms. The van der Waals surface area contributed by atoms with Crippen molar-refractivity contribution in [3.63, 3.8) is 0 Å². The van der Waals surface area contributed by atoms with Gasteiger partial charge in [0.25, 0.3) is 0 Å². The molecule has 0 amide bonds. The third kappa shape index (κ3) is 6.38. The van der Waals surface area contributed by atoms with Crippen molar-refractivity contribution in [1.29, 1.82) is 0 Å². The molecule has 0 rings (SSSR count). The molecule has 0 aromatic heterocycles. The first-order chi connectivity index (χ1) is 11.6. The predicted molar refractivity (Wildman–Crippen MR) is 87.7 cm³/mol. The molecular formula is C16H34O9. The lowest BCUT2D eigenvalue weighted by Gasteiger charge is -2.47. The second kappa shape index (κ2) is 11.4. The predicted octanol–water partition coefficient (Wildman–Crippen LogP) is -1.12. The normalized spacial score (nSPS) is 13.7. The summed E-state index contributed by atoms with van der Waals surface area (Å²) in [6, 6.07) is 0. The van der Waals surface area contributed by atoms with Crippen LogP contribution in [0.4, 0.5) is 0 Å². The minimum atomic E-state index is -2.42. The molecule has 9 heteroatoms. The quantitative estimate of drug-likeness (QED) is 0.139. The van der Waals surface area contributed by atoms with E-state index in [0.717, 1.165) is 12.8 Å². The zero-order valence-corrected chi connectivity index (χ0v) is 15.0. The van der Waals surface area contributed by atoms with E-state index < -0.39 is 36.4 Å². The van der Waals surface area contributed by atoms with Gasteiger partial charge in [-0.2, -0.15) is 0 Å². The fraction of sp³-hybridized carbons (Fsp3) is 1.00. The van der Waals surface area contributed by atoms with Crippen LogP contribution >= 0.6 is 0 Å². The van der Waals surface area contributed by atoms with Gasteiger partial charge in [0.05, 0.1) is 0 Å². The van der Waals surface area contributed by atoms with Crippen molar-refractivity contribution in [2.45, 2.75) is 102 Å². The summed E-state index contributed by atoms with van der Waals surface area (Å²) in [6.07, 6.45) is -6.68. The van der Waals surface area contributed by atoms with E-state index in [-0.39, 0.29) is 12.8 Å². The highest BCUT2D eigenvalue weighted by Crippen LogP contribution is 2.37. The maximum absolute atomic E-state index is 9.71. The molecule has 0 aliphatic heterocycles. The zero-order chi connectivity index (χ0) is 19.7. The molecule has 0 unspecified atom stereocenters. The Balaban J connectivity index is 5.76. The molecular weight excluding hydrogens is 336 g/mol. The van der Waals surface area contributed by atoms with Gasteiger partial charge in [-0.05, 0) is 12.8 Å². The standard InChI is InChI=1S/C16H34O9/c1-3-5-7-9-15(11(17)18,12(19)20)25-16(13(21)22,14(23)24)10-8-6-4-2/h11-14,17-24H,3-10H2,1-2H3. The summed E-state index contributed by atoms with van der Waals surface area (Å²) in [7, 11) is 0. The maximum Gasteiger partial charge on any atom is 0.186 e. The number of hydrogen-bond acceptors (Lipinski definition) is 9. The molecule has 9 nitrogen and oxygen atoms in total. The second-order valence-corrected chi connectivity index (χ2v) is 6.42. The Morgan fingerprint density at radius 3 is 1.04 bits per heavy atom. The number of hydrogen-bond donors (Lipinski definition) is 8. The third-order valence-corrected chi connectivity index (χ3v) is 4.47. The Labute approximate surface area is 148 Å². The molecule has 25 heavy (non-hydrogen) atoms. The highest BCUT2D eigenvalue weighted by Gasteiger charge is 2.55. The summed E-state index contributed by atoms with van der Waals surface area (Å²) in [6.45, 7) is 3.77. The van der Waals surface area contributed by atoms with Crippen molar-refractivity contribution in [1.82, 2.24) is 0 Å². The first-order valence-electron chi connectivity index (χ1n) is 8.75. The van der Waals surface area contributed by atoms with Crippen molar-refractivity contribution in [2.75, 3.05) is 0 Å². The summed E-state index contributed by atoms with van der Waals surface area (Å²) in [5.41, 5.74) is -4.84. The Hall–Kier alpha value is -0.360. The number of aliphatic hydroxyl groups is 8. The van der Waals surface area contributed by atoms with Crippen LogP contribution in [0, 0.1) is 0 Å². The van der Waals surface area contributed by atoms with E-state index in [1.807, 2.05) is 13.8 Å². The molecule has 0 aliphatic rings. The van der Waals surface area contributed by atoms with Crippen molar-refractivity contribution >= 4 is 0 Å². The molecule has 0 bridgehead atoms. The van der Waals surface area contributed by atoms with Crippen LogP contribution in [0.2, 0.25) is 0 Å². The van der Waals surface area contributed by atoms with E-state index in [1.54, 1.807) is 0 Å². The summed E-state index contributed by atoms with van der Waals surface area (Å²) in [5.74, 6) is 0. The van der Waals surface area contributed by atoms with Crippen molar-refractivity contribution in [3.05, 3.63) is 0 Å². The molecule has 0 atom stereocenters. The van der Waals surface area contributed by atoms with E-state index in [1.165, 1.54) is 0 Å². The molecule has 0 aromatic rings. The van der Waals surface area contributed by atoms with Crippen LogP contribution in [0.5, 0.6) is 0 Å². The van der Waals surface area contributed by atoms with Gasteiger partial charge in [-0.15, -0.1) is 0 Å². The molecule has 0 saturated heterocycles. The first-order valence-corrected chi connectivity index (χ1v) is 8.75. The Morgan fingerprint density at radius 1 is 0.560 bits per heavy atom. The van der Waals surface area contributed by atoms with Gasteiger partial charge >= 0.3 is 0 Å². The molecule has 152 valence electrons. The van der Waals surface area contributed by atoms with Crippen molar-refractivity contribution in [2.24, 2.45) is 0 Å². The van der Waals surface area contributed by atoms with E-state index in [2.05, 4.69) is 0 Å². The Bertz CT molecular complexity index is 296. The van der Waals surface area contributed by atoms with Crippen LogP contribution in [-0.4, -0.2) is 77.2 Å². The minimum Gasteiger partial charge on any atom is -0.366 e. The number of ether oxygens (including phenoxy) is 1. The molecule has 0 aromatic carbocycles. The maximum atomic E-state index is 9.71. The SMILES string of the molecule is CCCCCC(OC(CCCCC)(C(O)O)C(O)O)(C(O)O)C(O)O. The lowest BCUT2D eigenvalue weighted by molar-refractivity contribution is -0.387. The van der Waals surface area contributed by atoms with Gasteiger partial charge in [-0.25, -0.2) is 0 Å². The highest BCUT2D eigenvalue weighted by atomic mass is 16.7. The van der Waals surface area contributed by atoms with Crippen LogP contribution in [0.15, 0.2) is 0 Å². The molecule has 0 saturated carbocycles. The smallest absolute Gasteiger partial charge is 0.186 e. The molecule has 0 radical (unpaired) electrons. The number of aliphatic hydroxyl groups excluding tert-OH is 4. The second-order valence-electron chi connectivity index (χ2n) is 6.42. The summed E-state index contributed by atoms with van der Waals surface area (Å²) >= 11 is 0. The highest BCUT2D eigenvalue weighted by molar-refractivity contribution is 4.95. The van der Waals surface area contributed by atoms with Gasteiger partial charge < -0.3 is 45.6 Å². The largest absolute Gasteiger partial charge is 0.366 e. The zero-order valence-electron chi connectivity index (χ0n) is 15.0. The van der Waals surface area contributed by atoms with Crippen molar-refractivity contribution < 1.29 is 45.6 Å². The van der Waals surface area contributed by atoms with E-state index in [0.29, 0.717) is 25.7 Å². The summed E-state index contributed by atoms with van der Waals surface area (Å²) in [4.78, 5) is 0. The Kier molecular flexibility index (Phi) is 11.2. The molecule has 0 aliphatic carbocycles. The lowest BCUT2D eigenvalue weighted by Crippen LogP contribution is -2.65.